The van der Waals surface area contributed by atoms with E-state index in [1.54, 1.807) is 9.36 Å². The number of nitrogens with zero attached hydrogens (tertiary/aromatic N) is 8. The summed E-state index contributed by atoms with van der Waals surface area (Å²) in [5, 5.41) is 23.7. The molecule has 0 bridgehead atoms. The minimum Gasteiger partial charge on any atom is -0.491 e. The Hall–Kier alpha value is -3.82. The largest absolute Gasteiger partial charge is 0.491 e. The summed E-state index contributed by atoms with van der Waals surface area (Å²) in [5.74, 6) is 3.36. The van der Waals surface area contributed by atoms with Gasteiger partial charge in [0.25, 0.3) is 0 Å². The van der Waals surface area contributed by atoms with E-state index in [0.717, 1.165) is 79.7 Å². The number of hydrogen-bond donors (Lipinski definition) is 0. The van der Waals surface area contributed by atoms with Crippen molar-refractivity contribution in [3.63, 3.8) is 0 Å². The molecule has 0 aliphatic carbocycles. The summed E-state index contributed by atoms with van der Waals surface area (Å²) in [6.45, 7) is 11.1. The van der Waals surface area contributed by atoms with Gasteiger partial charge in [0.15, 0.2) is 11.6 Å². The van der Waals surface area contributed by atoms with Crippen LogP contribution in [0.4, 0.5) is 0 Å². The molecule has 2 aromatic heterocycles. The van der Waals surface area contributed by atoms with Gasteiger partial charge in [0.1, 0.15) is 22.9 Å². The standard InChI is InChI=1S/C14H20N4O.C13H18N4O/c1-3-5-11-19-13-10-7-6-9-12(13)18-14(8-4-2)15-16-17-18;1-4-7-13-14-15-16-17(13)11-8-5-6-9-12(11)18-10(2)3/h6-7,9-10H,3-5,8,11H2,1-2H3;5-6,8-10H,4,7H2,1-3H3. The Balaban J connectivity index is 0.000000206. The van der Waals surface area contributed by atoms with Crippen LogP contribution in [0.2, 0.25) is 0 Å². The van der Waals surface area contributed by atoms with E-state index < -0.39 is 0 Å². The van der Waals surface area contributed by atoms with Crippen LogP contribution in [0.15, 0.2) is 48.5 Å². The number of tetrazole rings is 2. The number of rotatable bonds is 12. The first-order chi connectivity index (χ1) is 18.1. The van der Waals surface area contributed by atoms with Crippen LogP contribution in [0.3, 0.4) is 0 Å². The van der Waals surface area contributed by atoms with Gasteiger partial charge in [-0.3, -0.25) is 0 Å². The van der Waals surface area contributed by atoms with Gasteiger partial charge in [-0.25, -0.2) is 0 Å². The second-order valence-electron chi connectivity index (χ2n) is 8.82. The molecule has 0 radical (unpaired) electrons. The maximum Gasteiger partial charge on any atom is 0.156 e. The zero-order chi connectivity index (χ0) is 26.5. The van der Waals surface area contributed by atoms with Crippen LogP contribution in [0.5, 0.6) is 11.5 Å². The fraction of sp³-hybridized carbons (Fsp3) is 0.481. The normalized spacial score (nSPS) is 10.8. The van der Waals surface area contributed by atoms with Crippen molar-refractivity contribution in [3.8, 4) is 22.9 Å². The molecule has 4 rings (SSSR count). The third kappa shape index (κ3) is 7.83. The van der Waals surface area contributed by atoms with Gasteiger partial charge in [-0.2, -0.15) is 9.36 Å². The van der Waals surface area contributed by atoms with E-state index in [1.165, 1.54) is 0 Å². The van der Waals surface area contributed by atoms with E-state index in [9.17, 15) is 0 Å². The summed E-state index contributed by atoms with van der Waals surface area (Å²) in [6.07, 6.45) is 6.02. The van der Waals surface area contributed by atoms with E-state index in [-0.39, 0.29) is 6.10 Å². The highest BCUT2D eigenvalue weighted by atomic mass is 16.5. The highest BCUT2D eigenvalue weighted by Crippen LogP contribution is 2.24. The molecule has 2 heterocycles. The zero-order valence-corrected chi connectivity index (χ0v) is 22.5. The van der Waals surface area contributed by atoms with Gasteiger partial charge in [0.05, 0.1) is 12.7 Å². The van der Waals surface area contributed by atoms with Gasteiger partial charge in [-0.15, -0.1) is 10.2 Å². The Kier molecular flexibility index (Phi) is 11.0. The molecular weight excluding hydrogens is 468 g/mol. The Bertz CT molecular complexity index is 1200. The molecule has 0 unspecified atom stereocenters. The molecular formula is C27H38N8O2. The third-order valence-electron chi connectivity index (χ3n) is 5.32. The number of unbranched alkanes of at least 4 members (excludes halogenated alkanes) is 1. The van der Waals surface area contributed by atoms with Crippen LogP contribution in [-0.2, 0) is 12.8 Å². The molecule has 0 aliphatic heterocycles. The SMILES string of the molecule is CCCCOc1ccccc1-n1nnnc1CCC.CCCc1nnnn1-c1ccccc1OC(C)C. The molecule has 0 spiro atoms. The Morgan fingerprint density at radius 1 is 0.703 bits per heavy atom. The van der Waals surface area contributed by atoms with Gasteiger partial charge in [0, 0.05) is 12.8 Å². The Morgan fingerprint density at radius 2 is 1.22 bits per heavy atom. The monoisotopic (exact) mass is 506 g/mol. The quantitative estimate of drug-likeness (QED) is 0.242. The summed E-state index contributed by atoms with van der Waals surface area (Å²) in [4.78, 5) is 0. The average molecular weight is 507 g/mol. The molecule has 0 atom stereocenters. The number of para-hydroxylation sites is 4. The first kappa shape index (κ1) is 27.8. The first-order valence-electron chi connectivity index (χ1n) is 13.1. The van der Waals surface area contributed by atoms with Gasteiger partial charge >= 0.3 is 0 Å². The fourth-order valence-electron chi connectivity index (χ4n) is 3.61. The number of ether oxygens (including phenoxy) is 2. The zero-order valence-electron chi connectivity index (χ0n) is 22.5. The molecule has 10 nitrogen and oxygen atoms in total. The summed E-state index contributed by atoms with van der Waals surface area (Å²) < 4.78 is 15.1. The Morgan fingerprint density at radius 3 is 1.73 bits per heavy atom. The highest BCUT2D eigenvalue weighted by Gasteiger charge is 2.13. The molecule has 37 heavy (non-hydrogen) atoms. The number of aryl methyl sites for hydroxylation is 2. The van der Waals surface area contributed by atoms with Crippen molar-refractivity contribution >= 4 is 0 Å². The van der Waals surface area contributed by atoms with Gasteiger partial charge < -0.3 is 9.47 Å². The van der Waals surface area contributed by atoms with E-state index in [4.69, 9.17) is 9.47 Å². The summed E-state index contributed by atoms with van der Waals surface area (Å²) in [5.41, 5.74) is 1.80. The second-order valence-corrected chi connectivity index (χ2v) is 8.82. The van der Waals surface area contributed by atoms with Crippen LogP contribution < -0.4 is 9.47 Å². The number of hydrogen-bond acceptors (Lipinski definition) is 8. The lowest BCUT2D eigenvalue weighted by molar-refractivity contribution is 0.241. The minimum atomic E-state index is 0.122. The van der Waals surface area contributed by atoms with Crippen LogP contribution in [0, 0.1) is 0 Å². The lowest BCUT2D eigenvalue weighted by Crippen LogP contribution is -2.10. The molecule has 0 saturated heterocycles. The van der Waals surface area contributed by atoms with E-state index >= 15 is 0 Å². The van der Waals surface area contributed by atoms with Crippen molar-refractivity contribution < 1.29 is 9.47 Å². The molecule has 0 amide bonds. The maximum atomic E-state index is 5.82. The van der Waals surface area contributed by atoms with Crippen molar-refractivity contribution in [3.05, 3.63) is 60.2 Å². The topological polar surface area (TPSA) is 106 Å². The molecule has 2 aromatic carbocycles. The van der Waals surface area contributed by atoms with Crippen LogP contribution in [0.1, 0.15) is 72.0 Å². The van der Waals surface area contributed by atoms with Crippen LogP contribution >= 0.6 is 0 Å². The fourth-order valence-corrected chi connectivity index (χ4v) is 3.61. The lowest BCUT2D eigenvalue weighted by atomic mass is 10.2. The lowest BCUT2D eigenvalue weighted by Gasteiger charge is -2.14. The highest BCUT2D eigenvalue weighted by molar-refractivity contribution is 5.47. The molecule has 198 valence electrons. The van der Waals surface area contributed by atoms with Crippen molar-refractivity contribution in [2.24, 2.45) is 0 Å². The molecule has 0 fully saturated rings. The number of benzene rings is 2. The van der Waals surface area contributed by atoms with Crippen LogP contribution in [0.25, 0.3) is 11.4 Å². The predicted molar refractivity (Wildman–Crippen MR) is 142 cm³/mol. The minimum absolute atomic E-state index is 0.122. The van der Waals surface area contributed by atoms with Gasteiger partial charge in [0.2, 0.25) is 0 Å². The van der Waals surface area contributed by atoms with Gasteiger partial charge in [-0.1, -0.05) is 51.5 Å². The molecule has 0 N–H and O–H groups in total. The van der Waals surface area contributed by atoms with E-state index in [1.807, 2.05) is 62.4 Å². The molecule has 10 heteroatoms. The van der Waals surface area contributed by atoms with Gasteiger partial charge in [-0.05, 0) is 78.2 Å². The van der Waals surface area contributed by atoms with E-state index in [0.29, 0.717) is 0 Å². The summed E-state index contributed by atoms with van der Waals surface area (Å²) in [6, 6.07) is 15.7. The average Bonchev–Trinajstić information content (AvgIpc) is 3.55. The van der Waals surface area contributed by atoms with Crippen LogP contribution in [-0.4, -0.2) is 53.1 Å². The Labute approximate surface area is 219 Å². The second kappa shape index (κ2) is 14.7. The summed E-state index contributed by atoms with van der Waals surface area (Å²) >= 11 is 0. The van der Waals surface area contributed by atoms with Crippen molar-refractivity contribution in [2.75, 3.05) is 6.61 Å². The molecule has 0 aliphatic rings. The van der Waals surface area contributed by atoms with E-state index in [2.05, 4.69) is 51.8 Å². The number of aromatic nitrogens is 8. The smallest absolute Gasteiger partial charge is 0.156 e. The maximum absolute atomic E-state index is 5.82. The van der Waals surface area contributed by atoms with Crippen molar-refractivity contribution in [1.82, 2.24) is 40.4 Å². The molecule has 0 saturated carbocycles. The first-order valence-corrected chi connectivity index (χ1v) is 13.1. The van der Waals surface area contributed by atoms with Crippen molar-refractivity contribution in [1.29, 1.82) is 0 Å². The molecule has 4 aromatic rings. The third-order valence-corrected chi connectivity index (χ3v) is 5.32. The summed E-state index contributed by atoms with van der Waals surface area (Å²) in [7, 11) is 0. The predicted octanol–water partition coefficient (Wildman–Crippen LogP) is 5.20. The van der Waals surface area contributed by atoms with Crippen molar-refractivity contribution in [2.45, 2.75) is 79.2 Å².